The SMILES string of the molecule is CS(=O)(=O)Nc1ccc(O)cc1NS(C)(=O)=O. The number of anilines is 2. The number of phenols is 1. The van der Waals surface area contributed by atoms with E-state index in [1.54, 1.807) is 0 Å². The van der Waals surface area contributed by atoms with Crippen LogP contribution in [0.4, 0.5) is 11.4 Å². The molecule has 1 aromatic rings. The molecule has 0 aromatic heterocycles. The molecule has 0 fully saturated rings. The van der Waals surface area contributed by atoms with E-state index in [-0.39, 0.29) is 17.1 Å². The molecule has 0 unspecified atom stereocenters. The highest BCUT2D eigenvalue weighted by atomic mass is 32.2. The summed E-state index contributed by atoms with van der Waals surface area (Å²) >= 11 is 0. The lowest BCUT2D eigenvalue weighted by Gasteiger charge is -2.11. The second-order valence-electron chi connectivity index (χ2n) is 3.48. The Kier molecular flexibility index (Phi) is 3.53. The Morgan fingerprint density at radius 2 is 1.41 bits per heavy atom. The van der Waals surface area contributed by atoms with Crippen LogP contribution in [0.3, 0.4) is 0 Å². The Morgan fingerprint density at radius 3 is 1.88 bits per heavy atom. The van der Waals surface area contributed by atoms with Gasteiger partial charge in [-0.1, -0.05) is 0 Å². The van der Waals surface area contributed by atoms with Gasteiger partial charge in [-0.15, -0.1) is 0 Å². The van der Waals surface area contributed by atoms with E-state index in [1.165, 1.54) is 12.1 Å². The van der Waals surface area contributed by atoms with Gasteiger partial charge in [-0.05, 0) is 12.1 Å². The van der Waals surface area contributed by atoms with Crippen molar-refractivity contribution in [1.29, 1.82) is 0 Å². The molecule has 0 aliphatic heterocycles. The lowest BCUT2D eigenvalue weighted by molar-refractivity contribution is 0.475. The zero-order valence-corrected chi connectivity index (χ0v) is 10.8. The minimum absolute atomic E-state index is 0.0377. The molecule has 1 aromatic carbocycles. The monoisotopic (exact) mass is 280 g/mol. The molecule has 0 atom stereocenters. The van der Waals surface area contributed by atoms with Gasteiger partial charge in [-0.2, -0.15) is 0 Å². The molecule has 0 bridgehead atoms. The first-order chi connectivity index (χ1) is 7.57. The second kappa shape index (κ2) is 4.41. The molecule has 0 amide bonds. The zero-order chi connectivity index (χ0) is 13.3. The van der Waals surface area contributed by atoms with Crippen molar-refractivity contribution in [2.24, 2.45) is 0 Å². The molecule has 0 aliphatic carbocycles. The lowest BCUT2D eigenvalue weighted by atomic mass is 10.2. The average Bonchev–Trinajstić information content (AvgIpc) is 2.05. The van der Waals surface area contributed by atoms with Crippen molar-refractivity contribution < 1.29 is 21.9 Å². The van der Waals surface area contributed by atoms with Gasteiger partial charge in [0.2, 0.25) is 20.0 Å². The maximum absolute atomic E-state index is 11.1. The molecule has 0 spiro atoms. The van der Waals surface area contributed by atoms with Gasteiger partial charge < -0.3 is 5.11 Å². The van der Waals surface area contributed by atoms with E-state index in [1.807, 2.05) is 0 Å². The summed E-state index contributed by atoms with van der Waals surface area (Å²) in [6.45, 7) is 0. The highest BCUT2D eigenvalue weighted by molar-refractivity contribution is 7.92. The third kappa shape index (κ3) is 4.91. The van der Waals surface area contributed by atoms with Crippen molar-refractivity contribution >= 4 is 31.4 Å². The second-order valence-corrected chi connectivity index (χ2v) is 6.98. The van der Waals surface area contributed by atoms with Gasteiger partial charge in [-0.3, -0.25) is 9.44 Å². The molecule has 96 valence electrons. The van der Waals surface area contributed by atoms with Gasteiger partial charge in [0, 0.05) is 6.07 Å². The van der Waals surface area contributed by atoms with E-state index in [0.717, 1.165) is 18.6 Å². The molecule has 17 heavy (non-hydrogen) atoms. The van der Waals surface area contributed by atoms with E-state index in [9.17, 15) is 21.9 Å². The van der Waals surface area contributed by atoms with Crippen LogP contribution in [-0.2, 0) is 20.0 Å². The average molecular weight is 280 g/mol. The van der Waals surface area contributed by atoms with Crippen molar-refractivity contribution in [3.8, 4) is 5.75 Å². The van der Waals surface area contributed by atoms with E-state index in [0.29, 0.717) is 0 Å². The predicted octanol–water partition coefficient (Wildman–Crippen LogP) is 0.135. The van der Waals surface area contributed by atoms with Crippen LogP contribution in [0.1, 0.15) is 0 Å². The predicted molar refractivity (Wildman–Crippen MR) is 65.0 cm³/mol. The largest absolute Gasteiger partial charge is 0.508 e. The summed E-state index contributed by atoms with van der Waals surface area (Å²) in [6.07, 6.45) is 1.85. The van der Waals surface area contributed by atoms with E-state index < -0.39 is 20.0 Å². The molecule has 0 radical (unpaired) electrons. The fourth-order valence-corrected chi connectivity index (χ4v) is 2.25. The van der Waals surface area contributed by atoms with Gasteiger partial charge >= 0.3 is 0 Å². The smallest absolute Gasteiger partial charge is 0.229 e. The summed E-state index contributed by atoms with van der Waals surface area (Å²) in [6, 6.07) is 3.60. The minimum atomic E-state index is -3.57. The Hall–Kier alpha value is -1.48. The first-order valence-electron chi connectivity index (χ1n) is 4.35. The van der Waals surface area contributed by atoms with Crippen molar-refractivity contribution in [1.82, 2.24) is 0 Å². The quantitative estimate of drug-likeness (QED) is 0.679. The van der Waals surface area contributed by atoms with Crippen molar-refractivity contribution in [3.05, 3.63) is 18.2 Å². The molecule has 0 heterocycles. The normalized spacial score (nSPS) is 12.1. The van der Waals surface area contributed by atoms with E-state index in [2.05, 4.69) is 9.44 Å². The van der Waals surface area contributed by atoms with Crippen LogP contribution in [0.2, 0.25) is 0 Å². The van der Waals surface area contributed by atoms with Gasteiger partial charge in [0.25, 0.3) is 0 Å². The van der Waals surface area contributed by atoms with Crippen LogP contribution < -0.4 is 9.44 Å². The molecule has 0 saturated heterocycles. The number of phenolic OH excluding ortho intramolecular Hbond substituents is 1. The van der Waals surface area contributed by atoms with Crippen molar-refractivity contribution in [2.45, 2.75) is 0 Å². The van der Waals surface area contributed by atoms with Crippen LogP contribution in [0.15, 0.2) is 18.2 Å². The Morgan fingerprint density at radius 1 is 0.941 bits per heavy atom. The third-order valence-electron chi connectivity index (χ3n) is 1.59. The molecule has 0 saturated carbocycles. The first kappa shape index (κ1) is 13.6. The van der Waals surface area contributed by atoms with Crippen molar-refractivity contribution in [3.63, 3.8) is 0 Å². The van der Waals surface area contributed by atoms with E-state index >= 15 is 0 Å². The number of nitrogens with one attached hydrogen (secondary N) is 2. The van der Waals surface area contributed by atoms with Crippen LogP contribution in [-0.4, -0.2) is 34.5 Å². The standard InChI is InChI=1S/C8H12N2O5S2/c1-16(12,13)9-7-4-3-6(11)5-8(7)10-17(2,14)15/h3-5,9-11H,1-2H3. The first-order valence-corrected chi connectivity index (χ1v) is 8.14. The van der Waals surface area contributed by atoms with Gasteiger partial charge in [-0.25, -0.2) is 16.8 Å². The number of rotatable bonds is 4. The van der Waals surface area contributed by atoms with Gasteiger partial charge in [0.05, 0.1) is 23.9 Å². The molecule has 3 N–H and O–H groups in total. The number of sulfonamides is 2. The molecule has 9 heteroatoms. The number of hydrogen-bond acceptors (Lipinski definition) is 5. The number of hydrogen-bond donors (Lipinski definition) is 3. The molecule has 1 rings (SSSR count). The summed E-state index contributed by atoms with van der Waals surface area (Å²) in [5.41, 5.74) is -0.00588. The fraction of sp³-hybridized carbons (Fsp3) is 0.250. The highest BCUT2D eigenvalue weighted by Crippen LogP contribution is 2.27. The van der Waals surface area contributed by atoms with Crippen LogP contribution in [0.5, 0.6) is 5.75 Å². The maximum atomic E-state index is 11.1. The summed E-state index contributed by atoms with van der Waals surface area (Å²) < 4.78 is 48.5. The maximum Gasteiger partial charge on any atom is 0.229 e. The molecule has 7 nitrogen and oxygen atoms in total. The minimum Gasteiger partial charge on any atom is -0.508 e. The van der Waals surface area contributed by atoms with Crippen molar-refractivity contribution in [2.75, 3.05) is 22.0 Å². The summed E-state index contributed by atoms with van der Waals surface area (Å²) in [5.74, 6) is -0.185. The Labute approximate surface area is 99.6 Å². The Bertz CT molecular complexity index is 621. The summed E-state index contributed by atoms with van der Waals surface area (Å²) in [5, 5.41) is 9.22. The highest BCUT2D eigenvalue weighted by Gasteiger charge is 2.11. The zero-order valence-electron chi connectivity index (χ0n) is 9.13. The summed E-state index contributed by atoms with van der Waals surface area (Å²) in [4.78, 5) is 0. The summed E-state index contributed by atoms with van der Waals surface area (Å²) in [7, 11) is -7.10. The van der Waals surface area contributed by atoms with Gasteiger partial charge in [0.15, 0.2) is 0 Å². The third-order valence-corrected chi connectivity index (χ3v) is 2.78. The van der Waals surface area contributed by atoms with E-state index in [4.69, 9.17) is 0 Å². The van der Waals surface area contributed by atoms with Gasteiger partial charge in [0.1, 0.15) is 5.75 Å². The number of aromatic hydroxyl groups is 1. The number of benzene rings is 1. The molecular weight excluding hydrogens is 268 g/mol. The molecule has 0 aliphatic rings. The Balaban J connectivity index is 3.22. The topological polar surface area (TPSA) is 113 Å². The van der Waals surface area contributed by atoms with Crippen LogP contribution >= 0.6 is 0 Å². The molecular formula is C8H12N2O5S2. The lowest BCUT2D eigenvalue weighted by Crippen LogP contribution is -2.15. The van der Waals surface area contributed by atoms with Crippen LogP contribution in [0, 0.1) is 0 Å². The fourth-order valence-electron chi connectivity index (χ4n) is 1.11. The van der Waals surface area contributed by atoms with Crippen LogP contribution in [0.25, 0.3) is 0 Å².